The molecule has 0 N–H and O–H groups in total. The average molecular weight is 398 g/mol. The summed E-state index contributed by atoms with van der Waals surface area (Å²) in [4.78, 5) is 12.8. The Labute approximate surface area is 176 Å². The van der Waals surface area contributed by atoms with E-state index in [1.807, 2.05) is 79.7 Å². The fourth-order valence-corrected chi connectivity index (χ4v) is 3.34. The van der Waals surface area contributed by atoms with Crippen molar-refractivity contribution in [2.75, 3.05) is 13.7 Å². The van der Waals surface area contributed by atoms with Crippen LogP contribution in [-0.4, -0.2) is 19.5 Å². The van der Waals surface area contributed by atoms with Gasteiger partial charge in [0.1, 0.15) is 23.9 Å². The van der Waals surface area contributed by atoms with Gasteiger partial charge in [-0.25, -0.2) is 0 Å². The van der Waals surface area contributed by atoms with Gasteiger partial charge in [-0.05, 0) is 54.0 Å². The quantitative estimate of drug-likeness (QED) is 0.499. The first kappa shape index (κ1) is 19.5. The molecule has 3 aromatic rings. The fourth-order valence-electron chi connectivity index (χ4n) is 3.34. The molecule has 0 aliphatic carbocycles. The molecular formula is C26H22O4. The molecule has 1 heterocycles. The maximum Gasteiger partial charge on any atom is 0.232 e. The van der Waals surface area contributed by atoms with E-state index in [0.717, 1.165) is 22.4 Å². The average Bonchev–Trinajstić information content (AvgIpc) is 3.07. The predicted octanol–water partition coefficient (Wildman–Crippen LogP) is 5.71. The van der Waals surface area contributed by atoms with Crippen molar-refractivity contribution in [2.24, 2.45) is 0 Å². The zero-order chi connectivity index (χ0) is 20.9. The number of Topliss-reactive ketones (excluding diaryl/α,β-unsaturated/α-hetero) is 1. The predicted molar refractivity (Wildman–Crippen MR) is 118 cm³/mol. The van der Waals surface area contributed by atoms with Crippen LogP contribution in [0.1, 0.15) is 27.0 Å². The van der Waals surface area contributed by atoms with Crippen LogP contribution in [0, 0.1) is 6.92 Å². The molecule has 4 heteroatoms. The third-order valence-corrected chi connectivity index (χ3v) is 4.79. The van der Waals surface area contributed by atoms with Crippen molar-refractivity contribution in [3.63, 3.8) is 0 Å². The highest BCUT2D eigenvalue weighted by Crippen LogP contribution is 2.37. The third-order valence-electron chi connectivity index (χ3n) is 4.79. The van der Waals surface area contributed by atoms with Gasteiger partial charge in [-0.15, -0.1) is 0 Å². The molecule has 0 aromatic heterocycles. The molecule has 1 aliphatic rings. The number of hydrogen-bond donors (Lipinski definition) is 0. The van der Waals surface area contributed by atoms with Crippen molar-refractivity contribution in [1.29, 1.82) is 0 Å². The number of ether oxygens (including phenoxy) is 3. The lowest BCUT2D eigenvalue weighted by molar-refractivity contribution is 0.101. The van der Waals surface area contributed by atoms with Gasteiger partial charge >= 0.3 is 0 Å². The Morgan fingerprint density at radius 1 is 0.933 bits per heavy atom. The monoisotopic (exact) mass is 398 g/mol. The highest BCUT2D eigenvalue weighted by atomic mass is 16.5. The number of carbonyl (C=O) groups excluding carboxylic acids is 1. The summed E-state index contributed by atoms with van der Waals surface area (Å²) in [6, 6.07) is 21.2. The normalized spacial score (nSPS) is 14.1. The first-order valence-electron chi connectivity index (χ1n) is 9.71. The van der Waals surface area contributed by atoms with Crippen LogP contribution in [0.2, 0.25) is 0 Å². The maximum atomic E-state index is 12.8. The molecule has 0 bridgehead atoms. The van der Waals surface area contributed by atoms with E-state index in [-0.39, 0.29) is 5.78 Å². The number of fused-ring (bicyclic) bond motifs is 1. The van der Waals surface area contributed by atoms with Gasteiger partial charge in [-0.2, -0.15) is 0 Å². The Morgan fingerprint density at radius 3 is 2.53 bits per heavy atom. The minimum atomic E-state index is -0.124. The zero-order valence-corrected chi connectivity index (χ0v) is 16.9. The molecular weight excluding hydrogens is 376 g/mol. The molecule has 0 fully saturated rings. The van der Waals surface area contributed by atoms with Crippen molar-refractivity contribution in [1.82, 2.24) is 0 Å². The minimum absolute atomic E-state index is 0.124. The molecule has 0 saturated carbocycles. The molecule has 150 valence electrons. The molecule has 30 heavy (non-hydrogen) atoms. The molecule has 0 unspecified atom stereocenters. The standard InChI is InChI=1S/C26H22O4/c1-18-14-22(29-13-7-11-19-8-4-3-5-9-19)17-23-25(18)26(27)24(30-23)16-20-10-6-12-21(15-20)28-2/h3-12,14-17H,13H2,1-2H3/b11-7+,24-16-. The van der Waals surface area contributed by atoms with Crippen LogP contribution >= 0.6 is 0 Å². The smallest absolute Gasteiger partial charge is 0.232 e. The summed E-state index contributed by atoms with van der Waals surface area (Å²) in [5.74, 6) is 2.08. The Morgan fingerprint density at radius 2 is 1.73 bits per heavy atom. The highest BCUT2D eigenvalue weighted by Gasteiger charge is 2.30. The van der Waals surface area contributed by atoms with E-state index < -0.39 is 0 Å². The lowest BCUT2D eigenvalue weighted by Crippen LogP contribution is -2.00. The maximum absolute atomic E-state index is 12.8. The molecule has 0 spiro atoms. The Kier molecular flexibility index (Phi) is 5.66. The second-order valence-electron chi connectivity index (χ2n) is 6.95. The van der Waals surface area contributed by atoms with E-state index in [0.29, 0.717) is 29.4 Å². The van der Waals surface area contributed by atoms with Gasteiger partial charge in [0, 0.05) is 6.07 Å². The number of benzene rings is 3. The Bertz CT molecular complexity index is 1130. The van der Waals surface area contributed by atoms with E-state index in [9.17, 15) is 4.79 Å². The molecule has 0 amide bonds. The summed E-state index contributed by atoms with van der Waals surface area (Å²) in [7, 11) is 1.61. The number of allylic oxidation sites excluding steroid dienone is 1. The first-order chi connectivity index (χ1) is 14.6. The van der Waals surface area contributed by atoms with Crippen molar-refractivity contribution in [3.05, 3.63) is 101 Å². The minimum Gasteiger partial charge on any atom is -0.497 e. The molecule has 4 rings (SSSR count). The number of ketones is 1. The summed E-state index contributed by atoms with van der Waals surface area (Å²) in [6.45, 7) is 2.31. The highest BCUT2D eigenvalue weighted by molar-refractivity contribution is 6.15. The van der Waals surface area contributed by atoms with Gasteiger partial charge in [-0.3, -0.25) is 4.79 Å². The number of carbonyl (C=O) groups is 1. The Hall–Kier alpha value is -3.79. The van der Waals surface area contributed by atoms with Crippen LogP contribution in [0.15, 0.2) is 78.6 Å². The van der Waals surface area contributed by atoms with E-state index in [1.165, 1.54) is 0 Å². The zero-order valence-electron chi connectivity index (χ0n) is 16.9. The van der Waals surface area contributed by atoms with Gasteiger partial charge in [0.05, 0.1) is 12.7 Å². The van der Waals surface area contributed by atoms with Gasteiger partial charge in [0.15, 0.2) is 5.76 Å². The van der Waals surface area contributed by atoms with Gasteiger partial charge in [-0.1, -0.05) is 48.5 Å². The van der Waals surface area contributed by atoms with Crippen LogP contribution in [0.5, 0.6) is 17.2 Å². The lowest BCUT2D eigenvalue weighted by Gasteiger charge is -2.07. The SMILES string of the molecule is COc1cccc(/C=C2\Oc3cc(OC/C=C/c4ccccc4)cc(C)c3C2=O)c1. The van der Waals surface area contributed by atoms with E-state index in [4.69, 9.17) is 14.2 Å². The van der Waals surface area contributed by atoms with Crippen LogP contribution in [-0.2, 0) is 0 Å². The molecule has 0 radical (unpaired) electrons. The summed E-state index contributed by atoms with van der Waals surface area (Å²) in [6.07, 6.45) is 5.70. The van der Waals surface area contributed by atoms with Crippen molar-refractivity contribution in [3.8, 4) is 17.2 Å². The summed E-state index contributed by atoms with van der Waals surface area (Å²) < 4.78 is 16.9. The molecule has 0 atom stereocenters. The van der Waals surface area contributed by atoms with E-state index in [1.54, 1.807) is 19.3 Å². The molecule has 0 saturated heterocycles. The summed E-state index contributed by atoms with van der Waals surface area (Å²) >= 11 is 0. The van der Waals surface area contributed by atoms with Gasteiger partial charge in [0.25, 0.3) is 0 Å². The van der Waals surface area contributed by atoms with Crippen LogP contribution in [0.25, 0.3) is 12.2 Å². The lowest BCUT2D eigenvalue weighted by atomic mass is 10.0. The van der Waals surface area contributed by atoms with Crippen molar-refractivity contribution < 1.29 is 19.0 Å². The second kappa shape index (κ2) is 8.70. The van der Waals surface area contributed by atoms with Crippen LogP contribution < -0.4 is 14.2 Å². The molecule has 4 nitrogen and oxygen atoms in total. The number of hydrogen-bond acceptors (Lipinski definition) is 4. The fraction of sp³-hybridized carbons (Fsp3) is 0.115. The van der Waals surface area contributed by atoms with Gasteiger partial charge in [0.2, 0.25) is 5.78 Å². The van der Waals surface area contributed by atoms with Crippen LogP contribution in [0.4, 0.5) is 0 Å². The summed E-state index contributed by atoms with van der Waals surface area (Å²) in [5.41, 5.74) is 3.36. The van der Waals surface area contributed by atoms with Gasteiger partial charge < -0.3 is 14.2 Å². The number of aryl methyl sites for hydroxylation is 1. The van der Waals surface area contributed by atoms with Crippen molar-refractivity contribution in [2.45, 2.75) is 6.92 Å². The second-order valence-corrected chi connectivity index (χ2v) is 6.95. The first-order valence-corrected chi connectivity index (χ1v) is 9.71. The number of methoxy groups -OCH3 is 1. The third kappa shape index (κ3) is 4.28. The van der Waals surface area contributed by atoms with E-state index in [2.05, 4.69) is 0 Å². The largest absolute Gasteiger partial charge is 0.497 e. The van der Waals surface area contributed by atoms with Crippen molar-refractivity contribution >= 4 is 17.9 Å². The van der Waals surface area contributed by atoms with Crippen LogP contribution in [0.3, 0.4) is 0 Å². The molecule has 3 aromatic carbocycles. The number of rotatable bonds is 6. The van der Waals surface area contributed by atoms with E-state index >= 15 is 0 Å². The molecule has 1 aliphatic heterocycles. The topological polar surface area (TPSA) is 44.8 Å². The Balaban J connectivity index is 1.49. The summed E-state index contributed by atoms with van der Waals surface area (Å²) in [5, 5.41) is 0.